The summed E-state index contributed by atoms with van der Waals surface area (Å²) >= 11 is 0. The van der Waals surface area contributed by atoms with E-state index < -0.39 is 0 Å². The zero-order chi connectivity index (χ0) is 20.4. The van der Waals surface area contributed by atoms with Crippen LogP contribution in [0.15, 0.2) is 48.9 Å². The van der Waals surface area contributed by atoms with Crippen LogP contribution in [0.3, 0.4) is 0 Å². The molecular formula is C22H21N3O4. The summed E-state index contributed by atoms with van der Waals surface area (Å²) in [5, 5.41) is 20.6. The molecule has 7 heteroatoms. The molecule has 4 rings (SSSR count). The number of hydrogen-bond acceptors (Lipinski definition) is 6. The first-order valence-corrected chi connectivity index (χ1v) is 9.34. The number of aromatic hydroxyl groups is 2. The molecular weight excluding hydrogens is 370 g/mol. The van der Waals surface area contributed by atoms with E-state index in [1.165, 1.54) is 12.4 Å². The van der Waals surface area contributed by atoms with E-state index in [1.54, 1.807) is 18.0 Å². The fourth-order valence-electron chi connectivity index (χ4n) is 3.44. The lowest BCUT2D eigenvalue weighted by Gasteiger charge is -2.29. The smallest absolute Gasteiger partial charge is 0.261 e. The minimum absolute atomic E-state index is 0.0523. The summed E-state index contributed by atoms with van der Waals surface area (Å²) in [7, 11) is 0. The topological polar surface area (TPSA) is 95.8 Å². The van der Waals surface area contributed by atoms with Gasteiger partial charge in [-0.3, -0.25) is 4.79 Å². The predicted molar refractivity (Wildman–Crippen MR) is 106 cm³/mol. The van der Waals surface area contributed by atoms with E-state index >= 15 is 0 Å². The lowest BCUT2D eigenvalue weighted by Crippen LogP contribution is -2.36. The van der Waals surface area contributed by atoms with Crippen LogP contribution in [-0.2, 0) is 19.6 Å². The van der Waals surface area contributed by atoms with Crippen molar-refractivity contribution in [2.45, 2.75) is 26.5 Å². The van der Waals surface area contributed by atoms with Gasteiger partial charge in [-0.05, 0) is 12.5 Å². The molecule has 1 aliphatic rings. The highest BCUT2D eigenvalue weighted by atomic mass is 16.5. The first kappa shape index (κ1) is 18.7. The van der Waals surface area contributed by atoms with Gasteiger partial charge in [-0.2, -0.15) is 0 Å². The molecule has 29 heavy (non-hydrogen) atoms. The standard InChI is InChI=1S/C22H21N3O4/c1-14-18(26)9-19(27)20(21(14)29-12-15-5-3-2-4-6-15)22(28)25-8-7-17-16(11-25)10-23-13-24-17/h2-6,9-10,13,26-27H,7-8,11-12H2,1H3. The number of hydrogen-bond donors (Lipinski definition) is 2. The number of amides is 1. The van der Waals surface area contributed by atoms with E-state index in [-0.39, 0.29) is 35.3 Å². The number of carbonyl (C=O) groups is 1. The molecule has 2 N–H and O–H groups in total. The molecule has 0 unspecified atom stereocenters. The van der Waals surface area contributed by atoms with Gasteiger partial charge < -0.3 is 19.8 Å². The van der Waals surface area contributed by atoms with Crippen molar-refractivity contribution in [1.29, 1.82) is 0 Å². The molecule has 0 aliphatic carbocycles. The van der Waals surface area contributed by atoms with Crippen molar-refractivity contribution in [3.63, 3.8) is 0 Å². The van der Waals surface area contributed by atoms with Crippen LogP contribution in [0.25, 0.3) is 0 Å². The monoisotopic (exact) mass is 391 g/mol. The summed E-state index contributed by atoms with van der Waals surface area (Å²) in [4.78, 5) is 23.2. The Labute approximate surface area is 168 Å². The first-order valence-electron chi connectivity index (χ1n) is 9.34. The second-order valence-corrected chi connectivity index (χ2v) is 6.99. The highest BCUT2D eigenvalue weighted by Gasteiger charge is 2.29. The SMILES string of the molecule is Cc1c(O)cc(O)c(C(=O)N2CCc3ncncc3C2)c1OCc1ccccc1. The van der Waals surface area contributed by atoms with Crippen LogP contribution in [0.2, 0.25) is 0 Å². The van der Waals surface area contributed by atoms with Gasteiger partial charge in [0.05, 0.1) is 5.69 Å². The van der Waals surface area contributed by atoms with Crippen molar-refractivity contribution in [2.75, 3.05) is 6.54 Å². The van der Waals surface area contributed by atoms with Crippen molar-refractivity contribution in [2.24, 2.45) is 0 Å². The molecule has 1 amide bonds. The van der Waals surface area contributed by atoms with Crippen LogP contribution in [0, 0.1) is 6.92 Å². The number of aromatic nitrogens is 2. The lowest BCUT2D eigenvalue weighted by atomic mass is 10.0. The Kier molecular flexibility index (Phi) is 5.03. The minimum atomic E-state index is -0.358. The molecule has 0 fully saturated rings. The van der Waals surface area contributed by atoms with Crippen molar-refractivity contribution in [1.82, 2.24) is 14.9 Å². The lowest BCUT2D eigenvalue weighted by molar-refractivity contribution is 0.0724. The third kappa shape index (κ3) is 3.71. The molecule has 1 aromatic heterocycles. The number of fused-ring (bicyclic) bond motifs is 1. The Balaban J connectivity index is 1.65. The molecule has 2 aromatic carbocycles. The van der Waals surface area contributed by atoms with Gasteiger partial charge in [0.2, 0.25) is 0 Å². The largest absolute Gasteiger partial charge is 0.507 e. The number of carbonyl (C=O) groups excluding carboxylic acids is 1. The van der Waals surface area contributed by atoms with Crippen LogP contribution < -0.4 is 4.74 Å². The number of phenolic OH excluding ortho intramolecular Hbond substituents is 2. The molecule has 7 nitrogen and oxygen atoms in total. The number of benzene rings is 2. The van der Waals surface area contributed by atoms with Crippen molar-refractivity contribution >= 4 is 5.91 Å². The molecule has 0 atom stereocenters. The number of phenols is 2. The normalized spacial score (nSPS) is 13.1. The Bertz CT molecular complexity index is 1050. The maximum Gasteiger partial charge on any atom is 0.261 e. The van der Waals surface area contributed by atoms with Gasteiger partial charge in [-0.25, -0.2) is 9.97 Å². The van der Waals surface area contributed by atoms with Crippen LogP contribution in [0.1, 0.15) is 32.7 Å². The number of rotatable bonds is 4. The van der Waals surface area contributed by atoms with E-state index in [9.17, 15) is 15.0 Å². The quantitative estimate of drug-likeness (QED) is 0.710. The van der Waals surface area contributed by atoms with Crippen molar-refractivity contribution in [3.05, 3.63) is 76.9 Å². The Morgan fingerprint density at radius 3 is 2.79 bits per heavy atom. The maximum absolute atomic E-state index is 13.3. The molecule has 0 radical (unpaired) electrons. The fraction of sp³-hybridized carbons (Fsp3) is 0.227. The Morgan fingerprint density at radius 2 is 2.00 bits per heavy atom. The molecule has 0 saturated carbocycles. The van der Waals surface area contributed by atoms with E-state index in [0.717, 1.165) is 16.8 Å². The molecule has 1 aliphatic heterocycles. The van der Waals surface area contributed by atoms with E-state index in [0.29, 0.717) is 25.1 Å². The maximum atomic E-state index is 13.3. The summed E-state index contributed by atoms with van der Waals surface area (Å²) in [5.41, 5.74) is 3.18. The van der Waals surface area contributed by atoms with Gasteiger partial charge in [0.15, 0.2) is 0 Å². The van der Waals surface area contributed by atoms with Crippen molar-refractivity contribution < 1.29 is 19.7 Å². The molecule has 0 spiro atoms. The van der Waals surface area contributed by atoms with Crippen LogP contribution in [-0.4, -0.2) is 37.5 Å². The van der Waals surface area contributed by atoms with E-state index in [4.69, 9.17) is 4.74 Å². The zero-order valence-corrected chi connectivity index (χ0v) is 16.0. The summed E-state index contributed by atoms with van der Waals surface area (Å²) in [5.74, 6) is -0.606. The van der Waals surface area contributed by atoms with Crippen LogP contribution in [0.5, 0.6) is 17.2 Å². The third-order valence-corrected chi connectivity index (χ3v) is 5.07. The third-order valence-electron chi connectivity index (χ3n) is 5.07. The minimum Gasteiger partial charge on any atom is -0.507 e. The van der Waals surface area contributed by atoms with Gasteiger partial charge in [0.1, 0.15) is 35.7 Å². The first-order chi connectivity index (χ1) is 14.0. The Hall–Kier alpha value is -3.61. The summed E-state index contributed by atoms with van der Waals surface area (Å²) in [6.07, 6.45) is 3.82. The van der Waals surface area contributed by atoms with E-state index in [2.05, 4.69) is 9.97 Å². The zero-order valence-electron chi connectivity index (χ0n) is 16.0. The summed E-state index contributed by atoms with van der Waals surface area (Å²) < 4.78 is 5.90. The predicted octanol–water partition coefficient (Wildman–Crippen LogP) is 2.97. The molecule has 0 bridgehead atoms. The van der Waals surface area contributed by atoms with Gasteiger partial charge in [0.25, 0.3) is 5.91 Å². The fourth-order valence-corrected chi connectivity index (χ4v) is 3.44. The van der Waals surface area contributed by atoms with Gasteiger partial charge in [-0.1, -0.05) is 30.3 Å². The highest BCUT2D eigenvalue weighted by Crippen LogP contribution is 2.39. The van der Waals surface area contributed by atoms with Crippen molar-refractivity contribution in [3.8, 4) is 17.2 Å². The second-order valence-electron chi connectivity index (χ2n) is 6.99. The molecule has 3 aromatic rings. The number of ether oxygens (including phenoxy) is 1. The van der Waals surface area contributed by atoms with E-state index in [1.807, 2.05) is 30.3 Å². The summed E-state index contributed by atoms with van der Waals surface area (Å²) in [6, 6.07) is 10.7. The Morgan fingerprint density at radius 1 is 1.21 bits per heavy atom. The second kappa shape index (κ2) is 7.79. The molecule has 148 valence electrons. The average molecular weight is 391 g/mol. The number of nitrogens with zero attached hydrogens (tertiary/aromatic N) is 3. The van der Waals surface area contributed by atoms with Crippen LogP contribution >= 0.6 is 0 Å². The van der Waals surface area contributed by atoms with Gasteiger partial charge >= 0.3 is 0 Å². The average Bonchev–Trinajstić information content (AvgIpc) is 2.75. The highest BCUT2D eigenvalue weighted by molar-refractivity contribution is 6.00. The van der Waals surface area contributed by atoms with Gasteiger partial charge in [0, 0.05) is 42.9 Å². The summed E-state index contributed by atoms with van der Waals surface area (Å²) in [6.45, 7) is 2.69. The molecule has 0 saturated heterocycles. The van der Waals surface area contributed by atoms with Crippen LogP contribution in [0.4, 0.5) is 0 Å². The van der Waals surface area contributed by atoms with Gasteiger partial charge in [-0.15, -0.1) is 0 Å². The molecule has 2 heterocycles.